The number of methoxy groups -OCH3 is 1. The van der Waals surface area contributed by atoms with Crippen LogP contribution in [0.15, 0.2) is 54.6 Å². The average Bonchev–Trinajstić information content (AvgIpc) is 3.15. The summed E-state index contributed by atoms with van der Waals surface area (Å²) in [7, 11) is 1.64. The number of fused-ring (bicyclic) bond motifs is 1. The van der Waals surface area contributed by atoms with Crippen molar-refractivity contribution in [3.05, 3.63) is 93.8 Å². The van der Waals surface area contributed by atoms with Crippen molar-refractivity contribution in [1.82, 2.24) is 0 Å². The van der Waals surface area contributed by atoms with Gasteiger partial charge in [0, 0.05) is 53.1 Å². The molecule has 1 aliphatic rings. The van der Waals surface area contributed by atoms with E-state index in [1.165, 1.54) is 0 Å². The van der Waals surface area contributed by atoms with Gasteiger partial charge in [0.15, 0.2) is 23.9 Å². The summed E-state index contributed by atoms with van der Waals surface area (Å²) in [5.41, 5.74) is 3.68. The summed E-state index contributed by atoms with van der Waals surface area (Å²) in [6.07, 6.45) is 4.62. The normalized spacial score (nSPS) is 16.9. The number of benzene rings is 3. The van der Waals surface area contributed by atoms with Crippen LogP contribution in [0.25, 0.3) is 6.08 Å². The average molecular weight is 542 g/mol. The highest BCUT2D eigenvalue weighted by atomic mass is 35.5. The Labute approximate surface area is 227 Å². The standard InChI is InChI=1S/C31H33ClF3N2O/c1-6-31(4)24-17-21(32)11-15-27(24)37(19-23-25(33)13-14-26(34)30(23)35)29(31)16-10-20-9-12-22(18-28(20)38-5)36(7-2)8-3/h9-18H,6-8,19H2,1-5H3/q+1. The lowest BCUT2D eigenvalue weighted by Crippen LogP contribution is -2.30. The maximum atomic E-state index is 14.8. The molecule has 3 aromatic carbocycles. The van der Waals surface area contributed by atoms with Gasteiger partial charge in [0.05, 0.1) is 18.1 Å². The first-order chi connectivity index (χ1) is 18.2. The SMILES string of the molecule is CCN(CC)c1ccc(/C=C/C2=[N+](Cc3c(F)ccc(F)c3F)c3ccc(Cl)cc3C2(C)CC)c(OC)c1. The Morgan fingerprint density at radius 3 is 2.32 bits per heavy atom. The molecule has 0 fully saturated rings. The number of nitrogens with zero attached hydrogens (tertiary/aromatic N) is 2. The number of ether oxygens (including phenoxy) is 1. The highest BCUT2D eigenvalue weighted by Gasteiger charge is 2.47. The second-order valence-corrected chi connectivity index (χ2v) is 10.0. The van der Waals surface area contributed by atoms with Gasteiger partial charge in [0.2, 0.25) is 5.69 Å². The van der Waals surface area contributed by atoms with E-state index in [1.807, 2.05) is 41.0 Å². The largest absolute Gasteiger partial charge is 0.496 e. The highest BCUT2D eigenvalue weighted by Crippen LogP contribution is 2.44. The molecule has 1 aliphatic heterocycles. The molecule has 1 unspecified atom stereocenters. The van der Waals surface area contributed by atoms with E-state index in [2.05, 4.69) is 38.7 Å². The van der Waals surface area contributed by atoms with Crippen LogP contribution in [-0.4, -0.2) is 30.5 Å². The molecule has 1 heterocycles. The van der Waals surface area contributed by atoms with E-state index >= 15 is 0 Å². The van der Waals surface area contributed by atoms with E-state index < -0.39 is 22.9 Å². The van der Waals surface area contributed by atoms with Crippen LogP contribution in [0.2, 0.25) is 5.02 Å². The Balaban J connectivity index is 1.87. The van der Waals surface area contributed by atoms with Crippen molar-refractivity contribution in [1.29, 1.82) is 0 Å². The van der Waals surface area contributed by atoms with E-state index in [-0.39, 0.29) is 12.1 Å². The summed E-state index contributed by atoms with van der Waals surface area (Å²) in [6, 6.07) is 13.3. The van der Waals surface area contributed by atoms with Crippen LogP contribution >= 0.6 is 11.6 Å². The van der Waals surface area contributed by atoms with Crippen molar-refractivity contribution in [3.63, 3.8) is 0 Å². The van der Waals surface area contributed by atoms with Crippen LogP contribution < -0.4 is 9.64 Å². The molecule has 0 saturated heterocycles. The van der Waals surface area contributed by atoms with E-state index in [4.69, 9.17) is 16.3 Å². The molecular weight excluding hydrogens is 509 g/mol. The van der Waals surface area contributed by atoms with Crippen LogP contribution in [0.1, 0.15) is 50.8 Å². The lowest BCUT2D eigenvalue weighted by molar-refractivity contribution is -0.455. The maximum Gasteiger partial charge on any atom is 0.210 e. The number of hydrogen-bond acceptors (Lipinski definition) is 2. The minimum Gasteiger partial charge on any atom is -0.496 e. The molecule has 38 heavy (non-hydrogen) atoms. The minimum atomic E-state index is -1.18. The third kappa shape index (κ3) is 4.94. The molecular formula is C31H33ClF3N2O+. The Hall–Kier alpha value is -3.25. The Bertz CT molecular complexity index is 1410. The van der Waals surface area contributed by atoms with Crippen molar-refractivity contribution in [2.75, 3.05) is 25.1 Å². The van der Waals surface area contributed by atoms with Gasteiger partial charge in [0.25, 0.3) is 0 Å². The molecule has 0 aliphatic carbocycles. The van der Waals surface area contributed by atoms with Gasteiger partial charge in [0.1, 0.15) is 11.6 Å². The number of rotatable bonds is 9. The summed E-state index contributed by atoms with van der Waals surface area (Å²) >= 11 is 6.38. The summed E-state index contributed by atoms with van der Waals surface area (Å²) in [5.74, 6) is -2.33. The first kappa shape index (κ1) is 27.8. The third-order valence-corrected chi connectivity index (χ3v) is 7.86. The fourth-order valence-electron chi connectivity index (χ4n) is 5.23. The van der Waals surface area contributed by atoms with Gasteiger partial charge in [-0.3, -0.25) is 0 Å². The van der Waals surface area contributed by atoms with Gasteiger partial charge in [-0.2, -0.15) is 4.58 Å². The smallest absolute Gasteiger partial charge is 0.210 e. The number of hydrogen-bond donors (Lipinski definition) is 0. The van der Waals surface area contributed by atoms with Crippen LogP contribution in [0.4, 0.5) is 24.5 Å². The third-order valence-electron chi connectivity index (χ3n) is 7.63. The summed E-state index contributed by atoms with van der Waals surface area (Å²) in [5, 5.41) is 0.574. The van der Waals surface area contributed by atoms with Crippen LogP contribution in [0, 0.1) is 17.5 Å². The van der Waals surface area contributed by atoms with Crippen molar-refractivity contribution < 1.29 is 22.5 Å². The zero-order chi connectivity index (χ0) is 27.6. The number of allylic oxidation sites excluding steroid dienone is 1. The maximum absolute atomic E-state index is 14.8. The van der Waals surface area contributed by atoms with Gasteiger partial charge < -0.3 is 9.64 Å². The minimum absolute atomic E-state index is 0.169. The monoisotopic (exact) mass is 541 g/mol. The molecule has 0 saturated carbocycles. The van der Waals surface area contributed by atoms with Crippen LogP contribution in [0.5, 0.6) is 5.75 Å². The van der Waals surface area contributed by atoms with E-state index in [0.29, 0.717) is 11.4 Å². The van der Waals surface area contributed by atoms with Crippen molar-refractivity contribution in [2.24, 2.45) is 0 Å². The predicted molar refractivity (Wildman–Crippen MR) is 150 cm³/mol. The predicted octanol–water partition coefficient (Wildman–Crippen LogP) is 8.29. The van der Waals surface area contributed by atoms with Gasteiger partial charge in [-0.15, -0.1) is 0 Å². The first-order valence-corrected chi connectivity index (χ1v) is 13.2. The second kappa shape index (κ2) is 11.2. The van der Waals surface area contributed by atoms with E-state index in [1.54, 1.807) is 13.2 Å². The molecule has 7 heteroatoms. The lowest BCUT2D eigenvalue weighted by atomic mass is 9.77. The van der Waals surface area contributed by atoms with Gasteiger partial charge >= 0.3 is 0 Å². The van der Waals surface area contributed by atoms with Gasteiger partial charge in [-0.1, -0.05) is 18.5 Å². The van der Waals surface area contributed by atoms with E-state index in [0.717, 1.165) is 59.2 Å². The first-order valence-electron chi connectivity index (χ1n) is 12.9. The Morgan fingerprint density at radius 1 is 0.947 bits per heavy atom. The zero-order valence-electron chi connectivity index (χ0n) is 22.4. The molecule has 0 aromatic heterocycles. The quantitative estimate of drug-likeness (QED) is 0.200. The molecule has 0 N–H and O–H groups in total. The van der Waals surface area contributed by atoms with E-state index in [9.17, 15) is 13.2 Å². The summed E-state index contributed by atoms with van der Waals surface area (Å²) in [6.45, 7) is 9.95. The molecule has 3 aromatic rings. The number of halogens is 4. The van der Waals surface area contributed by atoms with Crippen molar-refractivity contribution >= 4 is 34.8 Å². The molecule has 200 valence electrons. The van der Waals surface area contributed by atoms with Crippen molar-refractivity contribution in [2.45, 2.75) is 46.1 Å². The summed E-state index contributed by atoms with van der Waals surface area (Å²) < 4.78 is 51.1. The fourth-order valence-corrected chi connectivity index (χ4v) is 5.40. The molecule has 0 bridgehead atoms. The molecule has 0 spiro atoms. The highest BCUT2D eigenvalue weighted by molar-refractivity contribution is 6.30. The number of anilines is 1. The van der Waals surface area contributed by atoms with Crippen molar-refractivity contribution in [3.8, 4) is 5.75 Å². The van der Waals surface area contributed by atoms with Crippen LogP contribution in [0.3, 0.4) is 0 Å². The molecule has 1 atom stereocenters. The van der Waals surface area contributed by atoms with Gasteiger partial charge in [-0.05, 0) is 69.7 Å². The fraction of sp³-hybridized carbons (Fsp3) is 0.323. The molecule has 0 amide bonds. The Morgan fingerprint density at radius 2 is 1.66 bits per heavy atom. The topological polar surface area (TPSA) is 15.5 Å². The summed E-state index contributed by atoms with van der Waals surface area (Å²) in [4.78, 5) is 2.24. The Kier molecular flexibility index (Phi) is 8.22. The lowest BCUT2D eigenvalue weighted by Gasteiger charge is -2.22. The molecule has 4 rings (SSSR count). The van der Waals surface area contributed by atoms with Crippen LogP contribution in [-0.2, 0) is 12.0 Å². The molecule has 3 nitrogen and oxygen atoms in total. The molecule has 0 radical (unpaired) electrons. The zero-order valence-corrected chi connectivity index (χ0v) is 23.2. The van der Waals surface area contributed by atoms with Gasteiger partial charge in [-0.25, -0.2) is 13.2 Å². The second-order valence-electron chi connectivity index (χ2n) is 9.57.